The molecule has 3 fully saturated rings. The number of nitrogens with zero attached hydrogens (tertiary/aromatic N) is 3. The lowest BCUT2D eigenvalue weighted by molar-refractivity contribution is -0.0260. The summed E-state index contributed by atoms with van der Waals surface area (Å²) >= 11 is 0. The van der Waals surface area contributed by atoms with Gasteiger partial charge in [0.1, 0.15) is 0 Å². The van der Waals surface area contributed by atoms with E-state index in [1.807, 2.05) is 0 Å². The molecule has 1 saturated carbocycles. The average Bonchev–Trinajstić information content (AvgIpc) is 3.18. The van der Waals surface area contributed by atoms with Crippen molar-refractivity contribution < 1.29 is 8.42 Å². The first-order valence-corrected chi connectivity index (χ1v) is 9.91. The normalized spacial score (nSPS) is 32.2. The zero-order chi connectivity index (χ0) is 16.7. The van der Waals surface area contributed by atoms with Gasteiger partial charge in [0.25, 0.3) is 10.2 Å². The van der Waals surface area contributed by atoms with E-state index < -0.39 is 10.2 Å². The summed E-state index contributed by atoms with van der Waals surface area (Å²) in [6.45, 7) is 4.99. The van der Waals surface area contributed by atoms with E-state index in [1.54, 1.807) is 0 Å². The Bertz CT molecular complexity index is 573. The van der Waals surface area contributed by atoms with Crippen molar-refractivity contribution in [1.82, 2.24) is 19.2 Å². The predicted molar refractivity (Wildman–Crippen MR) is 87.8 cm³/mol. The molecule has 0 aromatic carbocycles. The van der Waals surface area contributed by atoms with Gasteiger partial charge in [-0.25, -0.2) is 4.72 Å². The van der Waals surface area contributed by atoms with Crippen LogP contribution in [0.2, 0.25) is 0 Å². The van der Waals surface area contributed by atoms with Gasteiger partial charge in [0.2, 0.25) is 0 Å². The molecular formula is C15H27N5O2S. The van der Waals surface area contributed by atoms with Gasteiger partial charge in [-0.05, 0) is 25.2 Å². The zero-order valence-corrected chi connectivity index (χ0v) is 14.8. The molecule has 2 N–H and O–H groups in total. The Hall–Kier alpha value is -0.720. The van der Waals surface area contributed by atoms with Crippen molar-refractivity contribution in [3.8, 4) is 6.07 Å². The van der Waals surface area contributed by atoms with Gasteiger partial charge in [-0.3, -0.25) is 4.90 Å². The van der Waals surface area contributed by atoms with Crippen molar-refractivity contribution >= 4 is 10.2 Å². The fourth-order valence-electron chi connectivity index (χ4n) is 3.86. The van der Waals surface area contributed by atoms with Crippen LogP contribution < -0.4 is 10.0 Å². The molecule has 2 atom stereocenters. The quantitative estimate of drug-likeness (QED) is 0.703. The molecule has 0 radical (unpaired) electrons. The van der Waals surface area contributed by atoms with Gasteiger partial charge in [-0.2, -0.15) is 18.0 Å². The Morgan fingerprint density at radius 3 is 2.39 bits per heavy atom. The Balaban J connectivity index is 1.55. The molecule has 0 spiro atoms. The van der Waals surface area contributed by atoms with Gasteiger partial charge < -0.3 is 5.32 Å². The average molecular weight is 341 g/mol. The third-order valence-electron chi connectivity index (χ3n) is 5.67. The van der Waals surface area contributed by atoms with Crippen molar-refractivity contribution in [2.45, 2.75) is 50.2 Å². The summed E-state index contributed by atoms with van der Waals surface area (Å²) in [4.78, 5) is 2.34. The van der Waals surface area contributed by atoms with E-state index in [1.165, 1.54) is 17.8 Å². The third-order valence-corrected chi connectivity index (χ3v) is 7.13. The maximum Gasteiger partial charge on any atom is 0.279 e. The summed E-state index contributed by atoms with van der Waals surface area (Å²) in [5.74, 6) is 0.810. The second-order valence-corrected chi connectivity index (χ2v) is 9.16. The zero-order valence-electron chi connectivity index (χ0n) is 14.0. The van der Waals surface area contributed by atoms with Crippen LogP contribution in [-0.2, 0) is 10.2 Å². The van der Waals surface area contributed by atoms with Gasteiger partial charge >= 0.3 is 0 Å². The molecule has 7 nitrogen and oxygen atoms in total. The van der Waals surface area contributed by atoms with E-state index in [0.717, 1.165) is 31.8 Å². The van der Waals surface area contributed by atoms with Crippen LogP contribution >= 0.6 is 0 Å². The topological polar surface area (TPSA) is 88.5 Å². The lowest BCUT2D eigenvalue weighted by Gasteiger charge is -2.55. The lowest BCUT2D eigenvalue weighted by Crippen LogP contribution is -2.73. The minimum atomic E-state index is -3.38. The van der Waals surface area contributed by atoms with Crippen molar-refractivity contribution in [2.75, 3.05) is 33.2 Å². The number of nitriles is 1. The SMILES string of the molecule is CNS(=O)(=O)N1CC(CC#N)(N2CCC(N[C@@H]3C[C@H]3C)CC2)C1. The number of hydrogen-bond acceptors (Lipinski definition) is 5. The molecule has 2 aliphatic heterocycles. The number of piperidine rings is 1. The number of likely N-dealkylation sites (tertiary alicyclic amines) is 1. The van der Waals surface area contributed by atoms with E-state index in [0.29, 0.717) is 31.6 Å². The molecule has 2 heterocycles. The molecule has 1 aliphatic carbocycles. The van der Waals surface area contributed by atoms with E-state index in [4.69, 9.17) is 0 Å². The van der Waals surface area contributed by atoms with E-state index in [-0.39, 0.29) is 5.54 Å². The third kappa shape index (κ3) is 3.39. The van der Waals surface area contributed by atoms with Crippen LogP contribution in [0.25, 0.3) is 0 Å². The molecule has 2 saturated heterocycles. The van der Waals surface area contributed by atoms with E-state index >= 15 is 0 Å². The second-order valence-electron chi connectivity index (χ2n) is 7.28. The summed E-state index contributed by atoms with van der Waals surface area (Å²) in [6.07, 6.45) is 3.83. The van der Waals surface area contributed by atoms with Gasteiger partial charge in [-0.15, -0.1) is 0 Å². The van der Waals surface area contributed by atoms with Gasteiger partial charge in [-0.1, -0.05) is 6.92 Å². The maximum atomic E-state index is 11.9. The highest BCUT2D eigenvalue weighted by atomic mass is 32.2. The second kappa shape index (κ2) is 6.30. The maximum absolute atomic E-state index is 11.9. The van der Waals surface area contributed by atoms with Crippen LogP contribution in [0, 0.1) is 17.2 Å². The molecule has 0 bridgehead atoms. The molecule has 130 valence electrons. The van der Waals surface area contributed by atoms with Gasteiger partial charge in [0.15, 0.2) is 0 Å². The Morgan fingerprint density at radius 1 is 1.30 bits per heavy atom. The molecule has 0 aromatic rings. The van der Waals surface area contributed by atoms with Crippen LogP contribution in [0.1, 0.15) is 32.6 Å². The fourth-order valence-corrected chi connectivity index (χ4v) is 4.94. The highest BCUT2D eigenvalue weighted by molar-refractivity contribution is 7.87. The predicted octanol–water partition coefficient (Wildman–Crippen LogP) is -0.119. The minimum Gasteiger partial charge on any atom is -0.311 e. The van der Waals surface area contributed by atoms with Crippen molar-refractivity contribution in [3.05, 3.63) is 0 Å². The molecule has 23 heavy (non-hydrogen) atoms. The minimum absolute atomic E-state index is 0.295. The first-order chi connectivity index (χ1) is 10.9. The van der Waals surface area contributed by atoms with Crippen LogP contribution in [0.3, 0.4) is 0 Å². The van der Waals surface area contributed by atoms with Crippen LogP contribution in [0.4, 0.5) is 0 Å². The van der Waals surface area contributed by atoms with Crippen LogP contribution in [0.5, 0.6) is 0 Å². The highest BCUT2D eigenvalue weighted by Gasteiger charge is 2.52. The van der Waals surface area contributed by atoms with Crippen LogP contribution in [-0.4, -0.2) is 68.5 Å². The fraction of sp³-hybridized carbons (Fsp3) is 0.933. The summed E-state index contributed by atoms with van der Waals surface area (Å²) in [7, 11) is -1.95. The molecule has 3 rings (SSSR count). The molecule has 8 heteroatoms. The van der Waals surface area contributed by atoms with Crippen molar-refractivity contribution in [1.29, 1.82) is 5.26 Å². The smallest absolute Gasteiger partial charge is 0.279 e. The first kappa shape index (κ1) is 17.1. The molecule has 0 unspecified atom stereocenters. The molecule has 3 aliphatic rings. The first-order valence-electron chi connectivity index (χ1n) is 8.47. The Morgan fingerprint density at radius 2 is 1.91 bits per heavy atom. The van der Waals surface area contributed by atoms with Crippen LogP contribution in [0.15, 0.2) is 0 Å². The summed E-state index contributed by atoms with van der Waals surface area (Å²) in [5.41, 5.74) is -0.295. The monoisotopic (exact) mass is 341 g/mol. The van der Waals surface area contributed by atoms with Crippen molar-refractivity contribution in [3.63, 3.8) is 0 Å². The molecular weight excluding hydrogens is 314 g/mol. The number of rotatable bonds is 6. The number of nitrogens with one attached hydrogen (secondary N) is 2. The van der Waals surface area contributed by atoms with Gasteiger partial charge in [0.05, 0.1) is 18.0 Å². The summed E-state index contributed by atoms with van der Waals surface area (Å²) < 4.78 is 27.5. The standard InChI is InChI=1S/C15H27N5O2S/c1-12-9-14(12)18-13-3-7-19(8-4-13)15(5-6-16)10-20(11-15)23(21,22)17-2/h12-14,17-18H,3-5,7-11H2,1-2H3/t12-,14-/m1/s1. The van der Waals surface area contributed by atoms with Crippen molar-refractivity contribution in [2.24, 2.45) is 5.92 Å². The largest absolute Gasteiger partial charge is 0.311 e. The lowest BCUT2D eigenvalue weighted by atomic mass is 9.84. The Kier molecular flexibility index (Phi) is 4.69. The molecule has 0 amide bonds. The highest BCUT2D eigenvalue weighted by Crippen LogP contribution is 2.36. The Labute approximate surface area is 139 Å². The summed E-state index contributed by atoms with van der Waals surface area (Å²) in [6, 6.07) is 3.52. The van der Waals surface area contributed by atoms with Gasteiger partial charge in [0, 0.05) is 45.3 Å². The summed E-state index contributed by atoms with van der Waals surface area (Å²) in [5, 5.41) is 12.9. The number of hydrogen-bond donors (Lipinski definition) is 2. The van der Waals surface area contributed by atoms with E-state index in [2.05, 4.69) is 27.9 Å². The molecule has 0 aromatic heterocycles. The van der Waals surface area contributed by atoms with E-state index in [9.17, 15) is 13.7 Å².